The molecule has 0 aliphatic heterocycles. The summed E-state index contributed by atoms with van der Waals surface area (Å²) in [4.78, 5) is 16.0. The van der Waals surface area contributed by atoms with Crippen molar-refractivity contribution in [3.05, 3.63) is 29.1 Å². The van der Waals surface area contributed by atoms with Gasteiger partial charge in [0, 0.05) is 23.4 Å². The zero-order valence-corrected chi connectivity index (χ0v) is 15.8. The number of anilines is 1. The van der Waals surface area contributed by atoms with Gasteiger partial charge in [-0.05, 0) is 50.7 Å². The van der Waals surface area contributed by atoms with Crippen LogP contribution in [0.5, 0.6) is 0 Å². The second-order valence-corrected chi connectivity index (χ2v) is 8.53. The zero-order valence-electron chi connectivity index (χ0n) is 15.8. The molecule has 0 spiro atoms. The van der Waals surface area contributed by atoms with Gasteiger partial charge in [0.05, 0.1) is 11.3 Å². The maximum absolute atomic E-state index is 11.7. The molecular weight excluding hydrogens is 330 g/mol. The molecule has 0 unspecified atom stereocenters. The van der Waals surface area contributed by atoms with Crippen molar-refractivity contribution in [1.29, 1.82) is 0 Å². The maximum atomic E-state index is 11.7. The third-order valence-electron chi connectivity index (χ3n) is 4.71. The van der Waals surface area contributed by atoms with Crippen molar-refractivity contribution in [1.82, 2.24) is 15.2 Å². The van der Waals surface area contributed by atoms with Gasteiger partial charge in [0.2, 0.25) is 0 Å². The molecule has 7 nitrogen and oxygen atoms in total. The van der Waals surface area contributed by atoms with E-state index in [9.17, 15) is 9.90 Å². The van der Waals surface area contributed by atoms with Crippen LogP contribution >= 0.6 is 0 Å². The normalized spacial score (nSPS) is 16.2. The molecule has 1 amide bonds. The first-order chi connectivity index (χ1) is 12.0. The lowest BCUT2D eigenvalue weighted by molar-refractivity contribution is 0.0944. The van der Waals surface area contributed by atoms with Crippen molar-refractivity contribution < 1.29 is 9.90 Å². The fraction of sp³-hybridized carbons (Fsp3) is 0.526. The van der Waals surface area contributed by atoms with Crippen molar-refractivity contribution in [3.8, 4) is 11.3 Å². The Bertz CT molecular complexity index is 833. The second-order valence-electron chi connectivity index (χ2n) is 8.53. The summed E-state index contributed by atoms with van der Waals surface area (Å²) in [6, 6.07) is 3.52. The number of aromatic amines is 1. The van der Waals surface area contributed by atoms with Crippen molar-refractivity contribution >= 4 is 11.7 Å². The number of hydrogen-bond acceptors (Lipinski definition) is 5. The van der Waals surface area contributed by atoms with E-state index in [1.807, 2.05) is 6.07 Å². The van der Waals surface area contributed by atoms with Crippen molar-refractivity contribution in [2.75, 3.05) is 11.9 Å². The lowest BCUT2D eigenvalue weighted by atomic mass is 9.76. The van der Waals surface area contributed by atoms with Gasteiger partial charge in [-0.15, -0.1) is 0 Å². The Morgan fingerprint density at radius 1 is 1.42 bits per heavy atom. The zero-order chi connectivity index (χ0) is 19.1. The van der Waals surface area contributed by atoms with Crippen LogP contribution in [-0.4, -0.2) is 38.3 Å². The van der Waals surface area contributed by atoms with E-state index in [0.717, 1.165) is 36.2 Å². The molecule has 1 aliphatic carbocycles. The second kappa shape index (κ2) is 6.39. The van der Waals surface area contributed by atoms with E-state index in [0.29, 0.717) is 12.4 Å². The predicted molar refractivity (Wildman–Crippen MR) is 101 cm³/mol. The van der Waals surface area contributed by atoms with E-state index in [2.05, 4.69) is 34.3 Å². The third kappa shape index (κ3) is 4.04. The van der Waals surface area contributed by atoms with E-state index >= 15 is 0 Å². The predicted octanol–water partition coefficient (Wildman–Crippen LogP) is 2.27. The summed E-state index contributed by atoms with van der Waals surface area (Å²) in [5, 5.41) is 20.6. The molecule has 0 saturated heterocycles. The van der Waals surface area contributed by atoms with E-state index in [4.69, 9.17) is 5.73 Å². The Balaban J connectivity index is 1.99. The molecule has 5 N–H and O–H groups in total. The average Bonchev–Trinajstić information content (AvgIpc) is 2.93. The summed E-state index contributed by atoms with van der Waals surface area (Å²) >= 11 is 0. The minimum Gasteiger partial charge on any atom is -0.389 e. The lowest BCUT2D eigenvalue weighted by Gasteiger charge is -2.29. The Hall–Kier alpha value is -2.41. The quantitative estimate of drug-likeness (QED) is 0.655. The molecule has 0 saturated carbocycles. The van der Waals surface area contributed by atoms with Crippen LogP contribution in [0.4, 0.5) is 5.82 Å². The number of primary amides is 1. The lowest BCUT2D eigenvalue weighted by Crippen LogP contribution is -2.29. The molecule has 140 valence electrons. The Labute approximate surface area is 153 Å². The molecular formula is C19H27N5O2. The van der Waals surface area contributed by atoms with Crippen LogP contribution in [0.1, 0.15) is 55.9 Å². The molecule has 0 atom stereocenters. The van der Waals surface area contributed by atoms with Gasteiger partial charge in [-0.1, -0.05) is 13.8 Å². The molecule has 1 aliphatic rings. The highest BCUT2D eigenvalue weighted by atomic mass is 16.3. The molecule has 26 heavy (non-hydrogen) atoms. The van der Waals surface area contributed by atoms with E-state index < -0.39 is 11.5 Å². The van der Waals surface area contributed by atoms with Crippen molar-refractivity contribution in [3.63, 3.8) is 0 Å². The summed E-state index contributed by atoms with van der Waals surface area (Å²) in [7, 11) is 0. The average molecular weight is 357 g/mol. The van der Waals surface area contributed by atoms with Crippen LogP contribution in [0.2, 0.25) is 0 Å². The van der Waals surface area contributed by atoms with E-state index in [-0.39, 0.29) is 11.1 Å². The number of carbonyl (C=O) groups excluding carboxylic acids is 1. The molecule has 2 aromatic heterocycles. The summed E-state index contributed by atoms with van der Waals surface area (Å²) < 4.78 is 0. The smallest absolute Gasteiger partial charge is 0.267 e. The van der Waals surface area contributed by atoms with Gasteiger partial charge in [-0.25, -0.2) is 4.98 Å². The Kier molecular flexibility index (Phi) is 4.52. The number of nitrogens with two attached hydrogens (primary N) is 1. The fourth-order valence-corrected chi connectivity index (χ4v) is 3.28. The monoisotopic (exact) mass is 357 g/mol. The van der Waals surface area contributed by atoms with Gasteiger partial charge in [-0.3, -0.25) is 9.89 Å². The first-order valence-corrected chi connectivity index (χ1v) is 8.89. The number of carbonyl (C=O) groups is 1. The molecule has 2 heterocycles. The minimum atomic E-state index is -0.901. The van der Waals surface area contributed by atoms with Crippen LogP contribution in [0.15, 0.2) is 12.1 Å². The molecule has 0 radical (unpaired) electrons. The molecule has 0 aromatic carbocycles. The van der Waals surface area contributed by atoms with Crippen LogP contribution in [0, 0.1) is 5.41 Å². The number of aromatic nitrogens is 3. The van der Waals surface area contributed by atoms with Crippen molar-refractivity contribution in [2.24, 2.45) is 11.1 Å². The molecule has 7 heteroatoms. The Morgan fingerprint density at radius 3 is 2.81 bits per heavy atom. The number of nitrogens with one attached hydrogen (secondary N) is 2. The van der Waals surface area contributed by atoms with Gasteiger partial charge in [0.25, 0.3) is 5.91 Å². The summed E-state index contributed by atoms with van der Waals surface area (Å²) in [6.07, 6.45) is 2.98. The molecule has 0 bridgehead atoms. The van der Waals surface area contributed by atoms with Crippen LogP contribution in [0.25, 0.3) is 11.3 Å². The maximum Gasteiger partial charge on any atom is 0.267 e. The number of fused-ring (bicyclic) bond motifs is 1. The highest BCUT2D eigenvalue weighted by Gasteiger charge is 2.29. The summed E-state index contributed by atoms with van der Waals surface area (Å²) in [5.74, 6) is -0.102. The van der Waals surface area contributed by atoms with Gasteiger partial charge in [0.15, 0.2) is 0 Å². The number of amides is 1. The number of nitrogens with zero attached hydrogens (tertiary/aromatic N) is 2. The number of pyridine rings is 1. The van der Waals surface area contributed by atoms with Gasteiger partial charge in [-0.2, -0.15) is 5.10 Å². The summed E-state index contributed by atoms with van der Waals surface area (Å²) in [6.45, 7) is 8.21. The van der Waals surface area contributed by atoms with Crippen LogP contribution in [-0.2, 0) is 12.8 Å². The SMILES string of the molecule is CC(C)(O)CNc1cc(-c2n[nH]c3c2CCC(C)(C)C3)cc(C(N)=O)n1. The molecule has 3 rings (SSSR count). The first kappa shape index (κ1) is 18.4. The standard InChI is InChI=1S/C19H27N5O2/c1-18(2)6-5-12-14(9-18)23-24-16(12)11-7-13(17(20)25)22-15(8-11)21-10-19(3,4)26/h7-8,26H,5-6,9-10H2,1-4H3,(H2,20,25)(H,21,22)(H,23,24). The van der Waals surface area contributed by atoms with Crippen molar-refractivity contribution in [2.45, 2.75) is 52.6 Å². The largest absolute Gasteiger partial charge is 0.389 e. The number of hydrogen-bond donors (Lipinski definition) is 4. The highest BCUT2D eigenvalue weighted by Crippen LogP contribution is 2.38. The molecule has 2 aromatic rings. The number of H-pyrrole nitrogens is 1. The summed E-state index contributed by atoms with van der Waals surface area (Å²) in [5.41, 5.74) is 8.97. The van der Waals surface area contributed by atoms with Gasteiger partial charge >= 0.3 is 0 Å². The number of rotatable bonds is 5. The Morgan fingerprint density at radius 2 is 2.15 bits per heavy atom. The highest BCUT2D eigenvalue weighted by molar-refractivity contribution is 5.92. The van der Waals surface area contributed by atoms with Crippen LogP contribution < -0.4 is 11.1 Å². The fourth-order valence-electron chi connectivity index (χ4n) is 3.28. The van der Waals surface area contributed by atoms with Gasteiger partial charge < -0.3 is 16.2 Å². The third-order valence-corrected chi connectivity index (χ3v) is 4.71. The van der Waals surface area contributed by atoms with E-state index in [1.165, 1.54) is 5.56 Å². The molecule has 0 fully saturated rings. The van der Waals surface area contributed by atoms with E-state index in [1.54, 1.807) is 19.9 Å². The topological polar surface area (TPSA) is 117 Å². The van der Waals surface area contributed by atoms with Gasteiger partial charge in [0.1, 0.15) is 11.5 Å². The van der Waals surface area contributed by atoms with Crippen LogP contribution in [0.3, 0.4) is 0 Å². The minimum absolute atomic E-state index is 0.175. The number of aliphatic hydroxyl groups is 1. The first-order valence-electron chi connectivity index (χ1n) is 8.89.